The molecule has 0 aliphatic heterocycles. The van der Waals surface area contributed by atoms with Crippen molar-refractivity contribution in [2.24, 2.45) is 5.92 Å². The van der Waals surface area contributed by atoms with Crippen LogP contribution < -0.4 is 4.72 Å². The van der Waals surface area contributed by atoms with E-state index in [0.717, 1.165) is 6.42 Å². The maximum absolute atomic E-state index is 11.3. The van der Waals surface area contributed by atoms with Crippen LogP contribution in [0.3, 0.4) is 0 Å². The van der Waals surface area contributed by atoms with Gasteiger partial charge in [-0.15, -0.1) is 6.58 Å². The van der Waals surface area contributed by atoms with Crippen molar-refractivity contribution in [2.75, 3.05) is 0 Å². The lowest BCUT2D eigenvalue weighted by molar-refractivity contribution is -0.122. The molecule has 0 radical (unpaired) electrons. The average molecular weight is 185 g/mol. The fourth-order valence-corrected chi connectivity index (χ4v) is 1.64. The molecule has 0 spiro atoms. The van der Waals surface area contributed by atoms with Gasteiger partial charge in [-0.25, -0.2) is 0 Å². The van der Waals surface area contributed by atoms with Crippen LogP contribution in [0.25, 0.3) is 0 Å². The molecule has 12 heavy (non-hydrogen) atoms. The molecule has 1 fully saturated rings. The smallest absolute Gasteiger partial charge is 0.232 e. The predicted octanol–water partition coefficient (Wildman–Crippen LogP) is 2.13. The average Bonchev–Trinajstić information content (AvgIpc) is 2.83. The first-order chi connectivity index (χ1) is 5.74. The van der Waals surface area contributed by atoms with Crippen molar-refractivity contribution in [1.29, 1.82) is 0 Å². The van der Waals surface area contributed by atoms with E-state index in [9.17, 15) is 4.79 Å². The molecular weight excluding hydrogens is 170 g/mol. The zero-order chi connectivity index (χ0) is 8.97. The highest BCUT2D eigenvalue weighted by atomic mass is 32.2. The molecule has 0 heterocycles. The van der Waals surface area contributed by atoms with Crippen LogP contribution in [-0.4, -0.2) is 11.2 Å². The molecule has 1 unspecified atom stereocenters. The van der Waals surface area contributed by atoms with Gasteiger partial charge in [-0.05, 0) is 31.2 Å². The third kappa shape index (κ3) is 3.30. The highest BCUT2D eigenvalue weighted by Crippen LogP contribution is 2.31. The molecule has 0 aromatic carbocycles. The van der Waals surface area contributed by atoms with Crippen LogP contribution in [-0.2, 0) is 4.79 Å². The van der Waals surface area contributed by atoms with Gasteiger partial charge in [-0.1, -0.05) is 13.0 Å². The van der Waals surface area contributed by atoms with E-state index in [1.54, 1.807) is 18.0 Å². The molecule has 1 aliphatic rings. The molecule has 1 aliphatic carbocycles. The normalized spacial score (nSPS) is 18.4. The topological polar surface area (TPSA) is 29.1 Å². The number of carbonyl (C=O) groups is 1. The Morgan fingerprint density at radius 1 is 1.83 bits per heavy atom. The van der Waals surface area contributed by atoms with Crippen molar-refractivity contribution < 1.29 is 4.79 Å². The summed E-state index contributed by atoms with van der Waals surface area (Å²) in [7, 11) is 0. The molecular formula is C9H15NOS. The molecule has 1 N–H and O–H groups in total. The van der Waals surface area contributed by atoms with Crippen molar-refractivity contribution >= 4 is 17.9 Å². The minimum absolute atomic E-state index is 0.0637. The predicted molar refractivity (Wildman–Crippen MR) is 52.7 cm³/mol. The molecule has 68 valence electrons. The zero-order valence-corrected chi connectivity index (χ0v) is 8.19. The molecule has 1 saturated carbocycles. The first kappa shape index (κ1) is 9.65. The number of hydrogen-bond acceptors (Lipinski definition) is 2. The zero-order valence-electron chi connectivity index (χ0n) is 7.38. The fourth-order valence-electron chi connectivity index (χ4n) is 0.785. The van der Waals surface area contributed by atoms with E-state index in [2.05, 4.69) is 11.3 Å². The second kappa shape index (κ2) is 4.55. The number of rotatable bonds is 5. The molecule has 1 amide bonds. The minimum atomic E-state index is 0.0637. The summed E-state index contributed by atoms with van der Waals surface area (Å²) in [6, 6.07) is 0. The quantitative estimate of drug-likeness (QED) is 0.525. The summed E-state index contributed by atoms with van der Waals surface area (Å²) in [6.07, 6.45) is 5.05. The Morgan fingerprint density at radius 3 is 3.00 bits per heavy atom. The summed E-state index contributed by atoms with van der Waals surface area (Å²) in [5.41, 5.74) is 0. The monoisotopic (exact) mass is 185 g/mol. The summed E-state index contributed by atoms with van der Waals surface area (Å²) >= 11 is 1.57. The van der Waals surface area contributed by atoms with Gasteiger partial charge in [0.2, 0.25) is 5.91 Å². The fraction of sp³-hybridized carbons (Fsp3) is 0.667. The van der Waals surface area contributed by atoms with Crippen LogP contribution in [0.4, 0.5) is 0 Å². The molecule has 1 atom stereocenters. The molecule has 2 nitrogen and oxygen atoms in total. The Hall–Kier alpha value is -0.440. The third-order valence-corrected chi connectivity index (χ3v) is 2.94. The molecule has 0 aromatic heterocycles. The lowest BCUT2D eigenvalue weighted by Crippen LogP contribution is -2.23. The number of hydrogen-bond donors (Lipinski definition) is 1. The van der Waals surface area contributed by atoms with Gasteiger partial charge in [0.15, 0.2) is 0 Å². The molecule has 0 aromatic rings. The van der Waals surface area contributed by atoms with E-state index < -0.39 is 0 Å². The van der Waals surface area contributed by atoms with E-state index in [1.165, 1.54) is 12.8 Å². The Morgan fingerprint density at radius 2 is 2.50 bits per heavy atom. The molecule has 1 rings (SSSR count). The number of nitrogens with one attached hydrogen (secondary N) is 1. The Balaban J connectivity index is 2.11. The summed E-state index contributed by atoms with van der Waals surface area (Å²) < 4.78 is 2.86. The van der Waals surface area contributed by atoms with Crippen LogP contribution >= 0.6 is 11.9 Å². The Kier molecular flexibility index (Phi) is 3.66. The van der Waals surface area contributed by atoms with Crippen LogP contribution in [0.2, 0.25) is 0 Å². The maximum Gasteiger partial charge on any atom is 0.232 e. The van der Waals surface area contributed by atoms with Gasteiger partial charge in [0.05, 0.1) is 0 Å². The van der Waals surface area contributed by atoms with Crippen LogP contribution in [0, 0.1) is 5.92 Å². The largest absolute Gasteiger partial charge is 0.300 e. The van der Waals surface area contributed by atoms with E-state index in [-0.39, 0.29) is 11.8 Å². The summed E-state index contributed by atoms with van der Waals surface area (Å²) in [5, 5.41) is 0.685. The SMILES string of the molecule is C=CCC(C)C(=O)NSC1CC1. The second-order valence-electron chi connectivity index (χ2n) is 3.21. The summed E-state index contributed by atoms with van der Waals surface area (Å²) in [6.45, 7) is 5.52. The number of amides is 1. The molecule has 3 heteroatoms. The van der Waals surface area contributed by atoms with Crippen molar-refractivity contribution in [2.45, 2.75) is 31.4 Å². The Bertz CT molecular complexity index is 177. The van der Waals surface area contributed by atoms with Crippen LogP contribution in [0.1, 0.15) is 26.2 Å². The number of carbonyl (C=O) groups excluding carboxylic acids is 1. The van der Waals surface area contributed by atoms with Gasteiger partial charge in [0.1, 0.15) is 0 Å². The van der Waals surface area contributed by atoms with E-state index in [0.29, 0.717) is 5.25 Å². The van der Waals surface area contributed by atoms with Gasteiger partial charge in [0.25, 0.3) is 0 Å². The first-order valence-electron chi connectivity index (χ1n) is 4.30. The van der Waals surface area contributed by atoms with E-state index in [1.807, 2.05) is 6.92 Å². The lowest BCUT2D eigenvalue weighted by Gasteiger charge is -2.08. The third-order valence-electron chi connectivity index (χ3n) is 1.82. The van der Waals surface area contributed by atoms with Gasteiger partial charge < -0.3 is 0 Å². The van der Waals surface area contributed by atoms with E-state index in [4.69, 9.17) is 0 Å². The van der Waals surface area contributed by atoms with Crippen LogP contribution in [0.5, 0.6) is 0 Å². The highest BCUT2D eigenvalue weighted by Gasteiger charge is 2.23. The highest BCUT2D eigenvalue weighted by molar-refractivity contribution is 7.98. The van der Waals surface area contributed by atoms with Gasteiger partial charge in [-0.2, -0.15) is 0 Å². The Labute approximate surface area is 77.9 Å². The van der Waals surface area contributed by atoms with Crippen molar-refractivity contribution in [3.05, 3.63) is 12.7 Å². The van der Waals surface area contributed by atoms with Crippen molar-refractivity contribution in [1.82, 2.24) is 4.72 Å². The summed E-state index contributed by atoms with van der Waals surface area (Å²) in [5.74, 6) is 0.195. The van der Waals surface area contributed by atoms with Crippen molar-refractivity contribution in [3.63, 3.8) is 0 Å². The summed E-state index contributed by atoms with van der Waals surface area (Å²) in [4.78, 5) is 11.3. The van der Waals surface area contributed by atoms with Crippen LogP contribution in [0.15, 0.2) is 12.7 Å². The van der Waals surface area contributed by atoms with Gasteiger partial charge >= 0.3 is 0 Å². The van der Waals surface area contributed by atoms with Gasteiger partial charge in [-0.3, -0.25) is 9.52 Å². The standard InChI is InChI=1S/C9H15NOS/c1-3-4-7(2)9(11)10-12-8-5-6-8/h3,7-8H,1,4-6H2,2H3,(H,10,11). The minimum Gasteiger partial charge on any atom is -0.300 e. The molecule has 0 saturated heterocycles. The van der Waals surface area contributed by atoms with E-state index >= 15 is 0 Å². The number of allylic oxidation sites excluding steroid dienone is 1. The molecule has 0 bridgehead atoms. The maximum atomic E-state index is 11.3. The first-order valence-corrected chi connectivity index (χ1v) is 5.18. The second-order valence-corrected chi connectivity index (χ2v) is 4.32. The van der Waals surface area contributed by atoms with Gasteiger partial charge in [0, 0.05) is 11.2 Å². The van der Waals surface area contributed by atoms with Crippen molar-refractivity contribution in [3.8, 4) is 0 Å². The lowest BCUT2D eigenvalue weighted by atomic mass is 10.1.